The Morgan fingerprint density at radius 1 is 1.37 bits per heavy atom. The molecule has 0 aliphatic rings. The number of rotatable bonds is 6. The molecule has 0 unspecified atom stereocenters. The monoisotopic (exact) mass is 301 g/mol. The third kappa shape index (κ3) is 3.10. The molecule has 0 atom stereocenters. The Morgan fingerprint density at radius 3 is 2.74 bits per heavy atom. The summed E-state index contributed by atoms with van der Waals surface area (Å²) < 4.78 is 3.78. The van der Waals surface area contributed by atoms with Crippen LogP contribution in [-0.4, -0.2) is 29.4 Å². The molecule has 104 valence electrons. The van der Waals surface area contributed by atoms with Crippen LogP contribution >= 0.6 is 23.4 Å². The number of aliphatic hydroxyl groups is 1. The first-order valence-corrected chi connectivity index (χ1v) is 7.35. The molecule has 0 aliphatic heterocycles. The van der Waals surface area contributed by atoms with Crippen molar-refractivity contribution in [3.63, 3.8) is 0 Å². The number of aliphatic hydroxyl groups excluding tert-OH is 1. The highest BCUT2D eigenvalue weighted by Crippen LogP contribution is 2.23. The molecule has 1 N–H and O–H groups in total. The maximum Gasteiger partial charge on any atom is 0.191 e. The number of thioether (sulfide) groups is 1. The lowest BCUT2D eigenvalue weighted by Crippen LogP contribution is -2.05. The molecule has 0 spiro atoms. The predicted octanol–water partition coefficient (Wildman–Crippen LogP) is 1.86. The minimum Gasteiger partial charge on any atom is -0.388 e. The smallest absolute Gasteiger partial charge is 0.191 e. The molecule has 2 aromatic rings. The van der Waals surface area contributed by atoms with Gasteiger partial charge in [-0.15, -0.1) is 10.2 Å². The Morgan fingerprint density at radius 2 is 2.16 bits per heavy atom. The Balaban J connectivity index is 2.11. The van der Waals surface area contributed by atoms with E-state index >= 15 is 0 Å². The van der Waals surface area contributed by atoms with Gasteiger partial charge in [0.1, 0.15) is 17.6 Å². The van der Waals surface area contributed by atoms with Gasteiger partial charge in [0.15, 0.2) is 11.0 Å². The van der Waals surface area contributed by atoms with Gasteiger partial charge in [-0.3, -0.25) is 0 Å². The van der Waals surface area contributed by atoms with E-state index in [1.165, 1.54) is 0 Å². The Labute approximate surface area is 120 Å². The zero-order valence-electron chi connectivity index (χ0n) is 10.9. The molecule has 8 heteroatoms. The molecule has 19 heavy (non-hydrogen) atoms. The van der Waals surface area contributed by atoms with Crippen molar-refractivity contribution in [2.45, 2.75) is 37.4 Å². The number of aromatic nitrogens is 5. The number of imidazole rings is 1. The number of hydrogen-bond donors (Lipinski definition) is 1. The Kier molecular flexibility index (Phi) is 4.84. The minimum absolute atomic E-state index is 0.0954. The summed E-state index contributed by atoms with van der Waals surface area (Å²) in [5.41, 5.74) is 0. The predicted molar refractivity (Wildman–Crippen MR) is 74.0 cm³/mol. The standard InChI is InChI=1S/C11H16ClN5OS/c1-3-4-17-9(6-18)14-15-11(17)19-7-10-13-5-8(12)16(10)2/h5,18H,3-4,6-7H2,1-2H3. The van der Waals surface area contributed by atoms with Crippen molar-refractivity contribution in [2.24, 2.45) is 7.05 Å². The minimum atomic E-state index is -0.0954. The summed E-state index contributed by atoms with van der Waals surface area (Å²) in [7, 11) is 1.88. The van der Waals surface area contributed by atoms with Crippen LogP contribution in [0.5, 0.6) is 0 Å². The van der Waals surface area contributed by atoms with E-state index in [2.05, 4.69) is 22.1 Å². The SMILES string of the molecule is CCCn1c(CO)nnc1SCc1ncc(Cl)n1C. The molecule has 2 heterocycles. The Bertz CT molecular complexity index is 553. The molecule has 0 saturated heterocycles. The van der Waals surface area contributed by atoms with E-state index in [0.29, 0.717) is 16.7 Å². The van der Waals surface area contributed by atoms with Crippen LogP contribution in [0.25, 0.3) is 0 Å². The fourth-order valence-electron chi connectivity index (χ4n) is 1.68. The molecule has 2 aromatic heterocycles. The molecular formula is C11H16ClN5OS. The highest BCUT2D eigenvalue weighted by molar-refractivity contribution is 7.98. The van der Waals surface area contributed by atoms with Crippen LogP contribution in [-0.2, 0) is 26.0 Å². The fraction of sp³-hybridized carbons (Fsp3) is 0.545. The fourth-order valence-corrected chi connectivity index (χ4v) is 2.80. The lowest BCUT2D eigenvalue weighted by atomic mass is 10.4. The van der Waals surface area contributed by atoms with E-state index in [4.69, 9.17) is 11.6 Å². The summed E-state index contributed by atoms with van der Waals surface area (Å²) in [6, 6.07) is 0. The Hall–Kier alpha value is -1.05. The van der Waals surface area contributed by atoms with Crippen molar-refractivity contribution in [1.82, 2.24) is 24.3 Å². The van der Waals surface area contributed by atoms with Gasteiger partial charge in [-0.05, 0) is 6.42 Å². The van der Waals surface area contributed by atoms with Gasteiger partial charge in [-0.1, -0.05) is 30.3 Å². The molecular weight excluding hydrogens is 286 g/mol. The molecule has 2 rings (SSSR count). The molecule has 0 bridgehead atoms. The molecule has 6 nitrogen and oxygen atoms in total. The quantitative estimate of drug-likeness (QED) is 0.825. The lowest BCUT2D eigenvalue weighted by molar-refractivity contribution is 0.263. The van der Waals surface area contributed by atoms with Crippen LogP contribution in [0.3, 0.4) is 0 Å². The summed E-state index contributed by atoms with van der Waals surface area (Å²) in [5, 5.41) is 18.7. The number of nitrogens with zero attached hydrogens (tertiary/aromatic N) is 5. The largest absolute Gasteiger partial charge is 0.388 e. The number of hydrogen-bond acceptors (Lipinski definition) is 5. The average Bonchev–Trinajstić information content (AvgIpc) is 2.94. The first-order valence-electron chi connectivity index (χ1n) is 5.99. The van der Waals surface area contributed by atoms with E-state index in [1.807, 2.05) is 16.2 Å². The normalized spacial score (nSPS) is 11.2. The maximum absolute atomic E-state index is 9.22. The summed E-state index contributed by atoms with van der Waals surface area (Å²) >= 11 is 7.48. The van der Waals surface area contributed by atoms with E-state index < -0.39 is 0 Å². The first kappa shape index (κ1) is 14.4. The van der Waals surface area contributed by atoms with Crippen molar-refractivity contribution in [1.29, 1.82) is 0 Å². The highest BCUT2D eigenvalue weighted by Gasteiger charge is 2.13. The van der Waals surface area contributed by atoms with E-state index in [-0.39, 0.29) is 6.61 Å². The first-order chi connectivity index (χ1) is 9.17. The number of halogens is 1. The van der Waals surface area contributed by atoms with Crippen LogP contribution in [0.1, 0.15) is 25.0 Å². The van der Waals surface area contributed by atoms with Crippen LogP contribution in [0.2, 0.25) is 5.15 Å². The van der Waals surface area contributed by atoms with Crippen LogP contribution in [0, 0.1) is 0 Å². The van der Waals surface area contributed by atoms with Crippen molar-refractivity contribution >= 4 is 23.4 Å². The lowest BCUT2D eigenvalue weighted by Gasteiger charge is -2.07. The highest BCUT2D eigenvalue weighted by atomic mass is 35.5. The molecule has 0 radical (unpaired) electrons. The van der Waals surface area contributed by atoms with Crippen LogP contribution in [0.15, 0.2) is 11.4 Å². The van der Waals surface area contributed by atoms with Crippen molar-refractivity contribution < 1.29 is 5.11 Å². The summed E-state index contributed by atoms with van der Waals surface area (Å²) in [5.74, 6) is 2.14. The molecule has 0 amide bonds. The van der Waals surface area contributed by atoms with Crippen LogP contribution < -0.4 is 0 Å². The van der Waals surface area contributed by atoms with Gasteiger partial charge in [-0.25, -0.2) is 4.98 Å². The van der Waals surface area contributed by atoms with Gasteiger partial charge in [0, 0.05) is 13.6 Å². The van der Waals surface area contributed by atoms with Crippen molar-refractivity contribution in [2.75, 3.05) is 0 Å². The van der Waals surface area contributed by atoms with E-state index in [0.717, 1.165) is 23.9 Å². The zero-order chi connectivity index (χ0) is 13.8. The molecule has 0 aromatic carbocycles. The topological polar surface area (TPSA) is 68.8 Å². The van der Waals surface area contributed by atoms with Gasteiger partial charge < -0.3 is 14.2 Å². The van der Waals surface area contributed by atoms with Crippen LogP contribution in [0.4, 0.5) is 0 Å². The summed E-state index contributed by atoms with van der Waals surface area (Å²) in [6.07, 6.45) is 2.60. The van der Waals surface area contributed by atoms with E-state index in [9.17, 15) is 5.11 Å². The summed E-state index contributed by atoms with van der Waals surface area (Å²) in [4.78, 5) is 4.24. The molecule has 0 fully saturated rings. The third-order valence-electron chi connectivity index (χ3n) is 2.74. The van der Waals surface area contributed by atoms with Gasteiger partial charge in [0.25, 0.3) is 0 Å². The summed E-state index contributed by atoms with van der Waals surface area (Å²) in [6.45, 7) is 2.78. The molecule has 0 aliphatic carbocycles. The molecule has 0 saturated carbocycles. The van der Waals surface area contributed by atoms with Gasteiger partial charge >= 0.3 is 0 Å². The second-order valence-corrected chi connectivity index (χ2v) is 5.38. The zero-order valence-corrected chi connectivity index (χ0v) is 12.4. The second-order valence-electron chi connectivity index (χ2n) is 4.05. The maximum atomic E-state index is 9.22. The average molecular weight is 302 g/mol. The second kappa shape index (κ2) is 6.40. The van der Waals surface area contributed by atoms with Gasteiger partial charge in [0.05, 0.1) is 11.9 Å². The third-order valence-corrected chi connectivity index (χ3v) is 4.05. The van der Waals surface area contributed by atoms with E-state index in [1.54, 1.807) is 18.0 Å². The van der Waals surface area contributed by atoms with Crippen molar-refractivity contribution in [3.05, 3.63) is 23.0 Å². The van der Waals surface area contributed by atoms with Gasteiger partial charge in [-0.2, -0.15) is 0 Å². The van der Waals surface area contributed by atoms with Gasteiger partial charge in [0.2, 0.25) is 0 Å². The van der Waals surface area contributed by atoms with Crippen molar-refractivity contribution in [3.8, 4) is 0 Å².